The molecule has 0 unspecified atom stereocenters. The van der Waals surface area contributed by atoms with Crippen molar-refractivity contribution in [3.8, 4) is 5.75 Å². The van der Waals surface area contributed by atoms with Gasteiger partial charge in [-0.2, -0.15) is 8.42 Å². The average Bonchev–Trinajstić information content (AvgIpc) is 2.24. The second kappa shape index (κ2) is 8.11. The molecule has 0 aromatic heterocycles. The first-order chi connectivity index (χ1) is 8.60. The molecule has 0 aliphatic carbocycles. The van der Waals surface area contributed by atoms with Crippen LogP contribution < -0.4 is 108 Å². The maximum Gasteiger partial charge on any atom is 1.00 e. The van der Waals surface area contributed by atoms with Crippen molar-refractivity contribution in [2.45, 2.75) is 9.79 Å². The maximum absolute atomic E-state index is 11.4. The Hall–Kier alpha value is 1.59. The first-order valence-corrected chi connectivity index (χ1v) is 7.63. The van der Waals surface area contributed by atoms with Gasteiger partial charge in [-0.25, -0.2) is 8.42 Å². The normalized spacial score (nSPS) is 11.5. The topological polar surface area (TPSA) is 135 Å². The third-order valence-corrected chi connectivity index (χ3v) is 4.23. The molecule has 0 spiro atoms. The number of benzene rings is 2. The molecule has 0 heterocycles. The van der Waals surface area contributed by atoms with Gasteiger partial charge in [-0.05, 0) is 17.5 Å². The number of hydrogen-bond acceptors (Lipinski definition) is 6. The average molecular weight is 380 g/mol. The van der Waals surface area contributed by atoms with Crippen molar-refractivity contribution in [2.24, 2.45) is 0 Å². The molecule has 102 valence electrons. The first-order valence-electron chi connectivity index (χ1n) is 4.78. The summed E-state index contributed by atoms with van der Waals surface area (Å²) < 4.78 is 64.5. The molecule has 0 saturated heterocycles. The van der Waals surface area contributed by atoms with Crippen LogP contribution in [0.5, 0.6) is 5.75 Å². The fourth-order valence-corrected chi connectivity index (χ4v) is 3.13. The van der Waals surface area contributed by atoms with Crippen molar-refractivity contribution < 1.29 is 134 Å². The molecule has 11 heteroatoms. The zero-order chi connectivity index (χ0) is 14.4. The van der Waals surface area contributed by atoms with Gasteiger partial charge in [0, 0.05) is 5.39 Å². The van der Waals surface area contributed by atoms with E-state index in [1.165, 1.54) is 6.07 Å². The smallest absolute Gasteiger partial charge is 0.872 e. The van der Waals surface area contributed by atoms with Crippen molar-refractivity contribution in [1.82, 2.24) is 0 Å². The summed E-state index contributed by atoms with van der Waals surface area (Å²) in [5.74, 6) is -0.837. The van der Waals surface area contributed by atoms with E-state index in [1.807, 2.05) is 0 Å². The third kappa shape index (κ3) is 5.29. The van der Waals surface area contributed by atoms with Crippen LogP contribution in [0.1, 0.15) is 0 Å². The molecule has 0 amide bonds. The van der Waals surface area contributed by atoms with Gasteiger partial charge < -0.3 is 9.66 Å². The summed E-state index contributed by atoms with van der Waals surface area (Å²) in [7, 11) is -9.58. The van der Waals surface area contributed by atoms with Crippen molar-refractivity contribution in [3.63, 3.8) is 0 Å². The van der Waals surface area contributed by atoms with Gasteiger partial charge in [0.15, 0.2) is 0 Å². The van der Waals surface area contributed by atoms with E-state index in [1.54, 1.807) is 0 Å². The predicted octanol–water partition coefficient (Wildman–Crippen LogP) is -5.93. The summed E-state index contributed by atoms with van der Waals surface area (Å²) in [6.07, 6.45) is 0. The van der Waals surface area contributed by atoms with Crippen LogP contribution in [0.25, 0.3) is 10.8 Å². The first kappa shape index (κ1) is 22.6. The zero-order valence-electron chi connectivity index (χ0n) is 11.1. The van der Waals surface area contributed by atoms with E-state index < -0.39 is 35.8 Å². The fraction of sp³-hybridized carbons (Fsp3) is 0. The van der Waals surface area contributed by atoms with Crippen molar-refractivity contribution >= 4 is 31.0 Å². The summed E-state index contributed by atoms with van der Waals surface area (Å²) in [5.41, 5.74) is 0. The number of fused-ring (bicyclic) bond motifs is 1. The molecule has 0 fully saturated rings. The molecule has 2 rings (SSSR count). The minimum atomic E-state index is -4.87. The quantitative estimate of drug-likeness (QED) is 0.405. The Morgan fingerprint density at radius 2 is 1.48 bits per heavy atom. The van der Waals surface area contributed by atoms with Crippen molar-refractivity contribution in [2.75, 3.05) is 0 Å². The fourth-order valence-electron chi connectivity index (χ4n) is 1.73. The van der Waals surface area contributed by atoms with Crippen LogP contribution in [0.3, 0.4) is 0 Å². The Kier molecular flexibility index (Phi) is 8.73. The Morgan fingerprint density at radius 1 is 0.905 bits per heavy atom. The molecule has 0 aliphatic heterocycles. The maximum atomic E-state index is 11.4. The van der Waals surface area contributed by atoms with Crippen LogP contribution in [0.2, 0.25) is 0 Å². The van der Waals surface area contributed by atoms with Gasteiger partial charge in [-0.1, -0.05) is 18.2 Å². The molecule has 21 heavy (non-hydrogen) atoms. The van der Waals surface area contributed by atoms with E-state index in [9.17, 15) is 26.5 Å². The molecule has 0 saturated carbocycles. The van der Waals surface area contributed by atoms with Crippen molar-refractivity contribution in [3.05, 3.63) is 30.3 Å². The molecular formula is C10H6K2O7S2. The second-order valence-electron chi connectivity index (χ2n) is 3.70. The monoisotopic (exact) mass is 380 g/mol. The van der Waals surface area contributed by atoms with Gasteiger partial charge in [0.2, 0.25) is 0 Å². The van der Waals surface area contributed by atoms with Gasteiger partial charge in [-0.3, -0.25) is 4.55 Å². The number of hydrogen-bond donors (Lipinski definition) is 1. The number of rotatable bonds is 2. The summed E-state index contributed by atoms with van der Waals surface area (Å²) in [6, 6.07) is 4.77. The Morgan fingerprint density at radius 3 is 1.95 bits per heavy atom. The molecule has 0 radical (unpaired) electrons. The van der Waals surface area contributed by atoms with Crippen LogP contribution in [-0.4, -0.2) is 25.9 Å². The zero-order valence-corrected chi connectivity index (χ0v) is 19.0. The van der Waals surface area contributed by atoms with Gasteiger partial charge in [0.05, 0.1) is 4.90 Å². The van der Waals surface area contributed by atoms with Gasteiger partial charge in [0.25, 0.3) is 10.1 Å². The molecule has 0 aliphatic rings. The Balaban J connectivity index is 0.00000200. The summed E-state index contributed by atoms with van der Waals surface area (Å²) in [4.78, 5) is -1.45. The van der Waals surface area contributed by atoms with E-state index in [-0.39, 0.29) is 114 Å². The van der Waals surface area contributed by atoms with E-state index in [4.69, 9.17) is 4.55 Å². The molecule has 2 aromatic rings. The minimum Gasteiger partial charge on any atom is -0.872 e. The van der Waals surface area contributed by atoms with E-state index in [0.29, 0.717) is 6.07 Å². The summed E-state index contributed by atoms with van der Waals surface area (Å²) >= 11 is 0. The van der Waals surface area contributed by atoms with Crippen LogP contribution in [0.15, 0.2) is 40.1 Å². The van der Waals surface area contributed by atoms with Crippen LogP contribution >= 0.6 is 0 Å². The minimum absolute atomic E-state index is 0. The second-order valence-corrected chi connectivity index (χ2v) is 6.44. The molecule has 0 atom stereocenters. The van der Waals surface area contributed by atoms with Gasteiger partial charge in [0.1, 0.15) is 15.0 Å². The molecular weight excluding hydrogens is 374 g/mol. The third-order valence-electron chi connectivity index (χ3n) is 2.44. The van der Waals surface area contributed by atoms with E-state index in [2.05, 4.69) is 0 Å². The van der Waals surface area contributed by atoms with E-state index in [0.717, 1.165) is 18.2 Å². The van der Waals surface area contributed by atoms with Gasteiger partial charge in [-0.15, -0.1) is 5.75 Å². The molecule has 7 nitrogen and oxygen atoms in total. The largest absolute Gasteiger partial charge is 1.00 e. The standard InChI is InChI=1S/C10H8O7S2.2K/c11-6-4-8-7(10(5-6)19(15,16)17)2-1-3-9(8)18(12,13)14;;/h1-5,11H,(H,12,13,14)(H,15,16,17);;/q;2*+1/p-2. The van der Waals surface area contributed by atoms with Crippen LogP contribution in [0.4, 0.5) is 0 Å². The molecule has 0 bridgehead atoms. The molecule has 1 N–H and O–H groups in total. The van der Waals surface area contributed by atoms with Crippen LogP contribution in [-0.2, 0) is 20.2 Å². The Labute approximate surface area is 206 Å². The predicted molar refractivity (Wildman–Crippen MR) is 61.2 cm³/mol. The van der Waals surface area contributed by atoms with E-state index >= 15 is 0 Å². The molecule has 2 aromatic carbocycles. The summed E-state index contributed by atoms with van der Waals surface area (Å²) in [5, 5.41) is 10.8. The van der Waals surface area contributed by atoms with Crippen molar-refractivity contribution in [1.29, 1.82) is 0 Å². The SMILES string of the molecule is O=S(=O)([O-])c1cccc2c(S(=O)(=O)O)cc([O-])cc12.[K+].[K+]. The van der Waals surface area contributed by atoms with Gasteiger partial charge >= 0.3 is 103 Å². The van der Waals surface area contributed by atoms with Crippen LogP contribution in [0, 0.1) is 0 Å². The Bertz CT molecular complexity index is 876. The summed E-state index contributed by atoms with van der Waals surface area (Å²) in [6.45, 7) is 0.